The first kappa shape index (κ1) is 32.2. The molecule has 2 aliphatic heterocycles. The molecule has 0 aromatic heterocycles. The molecule has 0 radical (unpaired) electrons. The predicted octanol–water partition coefficient (Wildman–Crippen LogP) is 5.57. The van der Waals surface area contributed by atoms with E-state index in [1.54, 1.807) is 13.8 Å². The van der Waals surface area contributed by atoms with Crippen LogP contribution in [-0.4, -0.2) is 56.9 Å². The van der Waals surface area contributed by atoms with Gasteiger partial charge in [0.05, 0.1) is 36.8 Å². The smallest absolute Gasteiger partial charge is 0.317 e. The van der Waals surface area contributed by atoms with Crippen molar-refractivity contribution in [3.63, 3.8) is 0 Å². The van der Waals surface area contributed by atoms with Crippen LogP contribution in [0.15, 0.2) is 95.1 Å². The molecule has 1 aliphatic carbocycles. The fraction of sp³-hybridized carbons (Fsp3) is 0.368. The number of rotatable bonds is 8. The number of hydrazone groups is 1. The molecule has 3 aromatic carbocycles. The van der Waals surface area contributed by atoms with E-state index in [2.05, 4.69) is 5.32 Å². The molecule has 47 heavy (non-hydrogen) atoms. The first-order valence-corrected chi connectivity index (χ1v) is 16.3. The maximum Gasteiger partial charge on any atom is 0.317 e. The lowest BCUT2D eigenvalue weighted by Crippen LogP contribution is -2.57. The number of hydrogen-bond donors (Lipinski definition) is 1. The van der Waals surface area contributed by atoms with E-state index in [-0.39, 0.29) is 19.0 Å². The highest BCUT2D eigenvalue weighted by atomic mass is 16.5. The number of carbonyl (C=O) groups is 3. The van der Waals surface area contributed by atoms with E-state index in [0.29, 0.717) is 16.7 Å². The number of fused-ring (bicyclic) bond motifs is 2. The Morgan fingerprint density at radius 1 is 0.830 bits per heavy atom. The van der Waals surface area contributed by atoms with E-state index in [9.17, 15) is 9.59 Å². The average molecular weight is 635 g/mol. The summed E-state index contributed by atoms with van der Waals surface area (Å²) in [6, 6.07) is 24.8. The average Bonchev–Trinajstić information content (AvgIpc) is 3.40. The minimum Gasteiger partial charge on any atom is -0.466 e. The molecule has 6 atom stereocenters. The lowest BCUT2D eigenvalue weighted by molar-refractivity contribution is -0.156. The van der Waals surface area contributed by atoms with E-state index >= 15 is 4.79 Å². The van der Waals surface area contributed by atoms with E-state index in [0.717, 1.165) is 28.2 Å². The molecular weight excluding hydrogens is 592 g/mol. The normalized spacial score (nSPS) is 25.1. The Kier molecular flexibility index (Phi) is 9.01. The van der Waals surface area contributed by atoms with E-state index in [1.807, 2.05) is 117 Å². The number of esters is 2. The standard InChI is InChI=1S/C38H42N4O5/c1-7-46-37(44)31-29(24-12-10-9-11-13-24)33(38(45)47-8-2)35(43)32-30(31)28-23(4)40-42(27-18-14-22(3)15-19-27)36(28)39-34(32)25-16-20-26(21-17-25)41(5)6/h9-21,28-29,31,33-34,36,39H,7-8H2,1-6H3. The summed E-state index contributed by atoms with van der Waals surface area (Å²) in [7, 11) is 3.94. The van der Waals surface area contributed by atoms with Crippen molar-refractivity contribution in [3.05, 3.63) is 107 Å². The van der Waals surface area contributed by atoms with Crippen LogP contribution in [0.5, 0.6) is 0 Å². The van der Waals surface area contributed by atoms with Gasteiger partial charge in [-0.1, -0.05) is 60.2 Å². The fourth-order valence-electron chi connectivity index (χ4n) is 7.37. The van der Waals surface area contributed by atoms with Gasteiger partial charge >= 0.3 is 11.9 Å². The minimum absolute atomic E-state index is 0.107. The van der Waals surface area contributed by atoms with Gasteiger partial charge in [0.1, 0.15) is 12.1 Å². The quantitative estimate of drug-likeness (QED) is 0.254. The zero-order valence-electron chi connectivity index (χ0n) is 27.8. The topological polar surface area (TPSA) is 101 Å². The van der Waals surface area contributed by atoms with Crippen LogP contribution in [0, 0.1) is 24.7 Å². The van der Waals surface area contributed by atoms with Gasteiger partial charge in [0, 0.05) is 37.0 Å². The lowest BCUT2D eigenvalue weighted by atomic mass is 9.59. The van der Waals surface area contributed by atoms with Crippen molar-refractivity contribution in [3.8, 4) is 0 Å². The van der Waals surface area contributed by atoms with E-state index in [4.69, 9.17) is 14.6 Å². The molecule has 244 valence electrons. The van der Waals surface area contributed by atoms with Crippen molar-refractivity contribution in [1.29, 1.82) is 0 Å². The highest BCUT2D eigenvalue weighted by molar-refractivity contribution is 6.14. The molecule has 3 aromatic rings. The van der Waals surface area contributed by atoms with Crippen LogP contribution in [0.1, 0.15) is 49.4 Å². The predicted molar refractivity (Wildman–Crippen MR) is 182 cm³/mol. The third-order valence-corrected chi connectivity index (χ3v) is 9.48. The van der Waals surface area contributed by atoms with Crippen LogP contribution in [-0.2, 0) is 23.9 Å². The van der Waals surface area contributed by atoms with E-state index < -0.39 is 47.8 Å². The van der Waals surface area contributed by atoms with Crippen LogP contribution < -0.4 is 15.2 Å². The molecule has 2 heterocycles. The summed E-state index contributed by atoms with van der Waals surface area (Å²) in [5.41, 5.74) is 6.39. The van der Waals surface area contributed by atoms with E-state index in [1.165, 1.54) is 0 Å². The number of carbonyl (C=O) groups excluding carboxylic acids is 3. The molecule has 6 rings (SSSR count). The summed E-state index contributed by atoms with van der Waals surface area (Å²) < 4.78 is 11.3. The van der Waals surface area contributed by atoms with Gasteiger partial charge in [-0.25, -0.2) is 5.01 Å². The molecule has 3 aliphatic rings. The Bertz CT molecular complexity index is 1710. The molecule has 0 saturated heterocycles. The van der Waals surface area contributed by atoms with Crippen molar-refractivity contribution in [1.82, 2.24) is 5.32 Å². The van der Waals surface area contributed by atoms with Crippen molar-refractivity contribution >= 4 is 34.8 Å². The van der Waals surface area contributed by atoms with Gasteiger partial charge in [0.25, 0.3) is 0 Å². The Morgan fingerprint density at radius 2 is 1.45 bits per heavy atom. The molecule has 0 fully saturated rings. The first-order valence-electron chi connectivity index (χ1n) is 16.3. The fourth-order valence-corrected chi connectivity index (χ4v) is 7.37. The number of benzene rings is 3. The number of aryl methyl sites for hydroxylation is 1. The Morgan fingerprint density at radius 3 is 2.04 bits per heavy atom. The van der Waals surface area contributed by atoms with Gasteiger partial charge in [-0.3, -0.25) is 19.7 Å². The second-order valence-electron chi connectivity index (χ2n) is 12.6. The van der Waals surface area contributed by atoms with Crippen molar-refractivity contribution < 1.29 is 23.9 Å². The largest absolute Gasteiger partial charge is 0.466 e. The van der Waals surface area contributed by atoms with Crippen LogP contribution >= 0.6 is 0 Å². The summed E-state index contributed by atoms with van der Waals surface area (Å²) in [6.07, 6.45) is -0.407. The number of hydrogen-bond acceptors (Lipinski definition) is 9. The monoisotopic (exact) mass is 634 g/mol. The Balaban J connectivity index is 1.62. The number of nitrogens with one attached hydrogen (secondary N) is 1. The maximum absolute atomic E-state index is 15.0. The molecule has 6 unspecified atom stereocenters. The Labute approximate surface area is 276 Å². The number of nitrogens with zero attached hydrogens (tertiary/aromatic N) is 3. The van der Waals surface area contributed by atoms with Crippen molar-refractivity contribution in [2.24, 2.45) is 22.9 Å². The molecule has 0 amide bonds. The summed E-state index contributed by atoms with van der Waals surface area (Å²) >= 11 is 0. The molecule has 0 spiro atoms. The molecule has 9 heteroatoms. The second kappa shape index (κ2) is 13.2. The van der Waals surface area contributed by atoms with Crippen molar-refractivity contribution in [2.45, 2.75) is 45.8 Å². The van der Waals surface area contributed by atoms with Crippen LogP contribution in [0.3, 0.4) is 0 Å². The second-order valence-corrected chi connectivity index (χ2v) is 12.6. The van der Waals surface area contributed by atoms with Gasteiger partial charge in [0.2, 0.25) is 0 Å². The van der Waals surface area contributed by atoms with Crippen LogP contribution in [0.25, 0.3) is 0 Å². The minimum atomic E-state index is -1.24. The number of ether oxygens (including phenoxy) is 2. The van der Waals surface area contributed by atoms with Gasteiger partial charge in [0.15, 0.2) is 5.78 Å². The third-order valence-electron chi connectivity index (χ3n) is 9.48. The Hall–Kier alpha value is -4.76. The van der Waals surface area contributed by atoms with Crippen LogP contribution in [0.2, 0.25) is 0 Å². The summed E-state index contributed by atoms with van der Waals surface area (Å²) in [4.78, 5) is 45.2. The maximum atomic E-state index is 15.0. The molecule has 0 saturated carbocycles. The zero-order chi connectivity index (χ0) is 33.4. The molecule has 1 N–H and O–H groups in total. The number of ketones is 1. The molecule has 9 nitrogen and oxygen atoms in total. The first-order chi connectivity index (χ1) is 22.7. The van der Waals surface area contributed by atoms with Crippen molar-refractivity contribution in [2.75, 3.05) is 37.2 Å². The third kappa shape index (κ3) is 5.73. The van der Waals surface area contributed by atoms with Gasteiger partial charge in [-0.15, -0.1) is 0 Å². The summed E-state index contributed by atoms with van der Waals surface area (Å²) in [5.74, 6) is -4.88. The summed E-state index contributed by atoms with van der Waals surface area (Å²) in [6.45, 7) is 7.72. The van der Waals surface area contributed by atoms with Gasteiger partial charge < -0.3 is 14.4 Å². The summed E-state index contributed by atoms with van der Waals surface area (Å²) in [5, 5.41) is 10.7. The SMILES string of the molecule is CCOC(=O)C1C(=O)C2=C(C(C(=O)OCC)C1c1ccccc1)C1C(C)=NN(c3ccc(C)cc3)C1NC2c1ccc(N(C)C)cc1. The highest BCUT2D eigenvalue weighted by Crippen LogP contribution is 2.54. The number of anilines is 2. The highest BCUT2D eigenvalue weighted by Gasteiger charge is 2.59. The zero-order valence-corrected chi connectivity index (χ0v) is 27.8. The van der Waals surface area contributed by atoms with Gasteiger partial charge in [-0.05, 0) is 68.7 Å². The van der Waals surface area contributed by atoms with Gasteiger partial charge in [-0.2, -0.15) is 5.10 Å². The van der Waals surface area contributed by atoms with Crippen LogP contribution in [0.4, 0.5) is 11.4 Å². The lowest BCUT2D eigenvalue weighted by Gasteiger charge is -2.47. The number of Topliss-reactive ketones (excluding diaryl/α,β-unsaturated/α-hetero) is 1. The molecular formula is C38H42N4O5. The molecule has 0 bridgehead atoms.